The van der Waals surface area contributed by atoms with Gasteiger partial charge in [-0.2, -0.15) is 0 Å². The zero-order chi connectivity index (χ0) is 9.42. The minimum atomic E-state index is -0.0488. The molecule has 0 aliphatic heterocycles. The lowest BCUT2D eigenvalue weighted by Crippen LogP contribution is -2.16. The number of nitrogens with zero attached hydrogens (tertiary/aromatic N) is 1. The van der Waals surface area contributed by atoms with Gasteiger partial charge in [-0.25, -0.2) is 4.79 Å². The van der Waals surface area contributed by atoms with E-state index in [-0.39, 0.29) is 7.12 Å². The molecule has 70 valence electrons. The van der Waals surface area contributed by atoms with E-state index in [1.165, 1.54) is 0 Å². The lowest BCUT2D eigenvalue weighted by molar-refractivity contribution is 0.704. The molecule has 0 radical (unpaired) electrons. The molecule has 0 atom stereocenters. The van der Waals surface area contributed by atoms with Gasteiger partial charge in [-0.15, -0.1) is 0 Å². The Balaban J connectivity index is 0.000000980. The molecule has 0 saturated heterocycles. The van der Waals surface area contributed by atoms with Gasteiger partial charge in [-0.3, -0.25) is 4.57 Å². The number of imidazole rings is 1. The van der Waals surface area contributed by atoms with Crippen LogP contribution in [0.4, 0.5) is 0 Å². The van der Waals surface area contributed by atoms with Gasteiger partial charge in [0.05, 0.1) is 11.4 Å². The van der Waals surface area contributed by atoms with Crippen LogP contribution in [0.25, 0.3) is 12.2 Å². The van der Waals surface area contributed by atoms with E-state index < -0.39 is 0 Å². The molecule has 1 aliphatic carbocycles. The number of hydrogen-bond acceptors (Lipinski definition) is 1. The van der Waals surface area contributed by atoms with E-state index in [4.69, 9.17) is 0 Å². The zero-order valence-corrected chi connectivity index (χ0v) is 7.42. The van der Waals surface area contributed by atoms with Gasteiger partial charge >= 0.3 is 5.69 Å². The van der Waals surface area contributed by atoms with Crippen molar-refractivity contribution in [3.05, 3.63) is 35.0 Å². The minimum absolute atomic E-state index is 0. The second kappa shape index (κ2) is 2.76. The van der Waals surface area contributed by atoms with E-state index in [1.807, 2.05) is 0 Å². The van der Waals surface area contributed by atoms with Gasteiger partial charge in [0, 0.05) is 7.47 Å². The standard InChI is InChI=1S/C10H12N2O.H2/c1-3-8-9(4-2)12(7-5-6-7)10(13)11-8;/h3-4,7H,1-2,5-6H2,(H,11,13);1H. The molecule has 1 aromatic rings. The highest BCUT2D eigenvalue weighted by atomic mass is 16.1. The van der Waals surface area contributed by atoms with Crippen LogP contribution in [0.3, 0.4) is 0 Å². The summed E-state index contributed by atoms with van der Waals surface area (Å²) in [4.78, 5) is 14.2. The van der Waals surface area contributed by atoms with Crippen LogP contribution in [0, 0.1) is 0 Å². The highest BCUT2D eigenvalue weighted by Gasteiger charge is 2.27. The van der Waals surface area contributed by atoms with E-state index in [0.717, 1.165) is 24.2 Å². The topological polar surface area (TPSA) is 37.8 Å². The van der Waals surface area contributed by atoms with Crippen LogP contribution in [0.15, 0.2) is 18.0 Å². The fourth-order valence-electron chi connectivity index (χ4n) is 1.54. The number of rotatable bonds is 3. The van der Waals surface area contributed by atoms with E-state index in [9.17, 15) is 4.79 Å². The maximum absolute atomic E-state index is 11.5. The first-order chi connectivity index (χ1) is 6.27. The molecule has 1 aliphatic rings. The summed E-state index contributed by atoms with van der Waals surface area (Å²) >= 11 is 0. The fourth-order valence-corrected chi connectivity index (χ4v) is 1.54. The predicted octanol–water partition coefficient (Wildman–Crippen LogP) is 2.04. The van der Waals surface area contributed by atoms with Crippen molar-refractivity contribution in [3.8, 4) is 0 Å². The molecule has 1 aromatic heterocycles. The Kier molecular flexibility index (Phi) is 1.72. The second-order valence-electron chi connectivity index (χ2n) is 3.24. The number of aromatic nitrogens is 2. The van der Waals surface area contributed by atoms with Gasteiger partial charge in [0.25, 0.3) is 0 Å². The predicted molar refractivity (Wildman–Crippen MR) is 55.6 cm³/mol. The van der Waals surface area contributed by atoms with Crippen LogP contribution in [0.2, 0.25) is 0 Å². The van der Waals surface area contributed by atoms with Gasteiger partial charge < -0.3 is 4.98 Å². The molecular formula is C10H14N2O. The average Bonchev–Trinajstić information content (AvgIpc) is 2.90. The van der Waals surface area contributed by atoms with Gasteiger partial charge in [0.2, 0.25) is 0 Å². The molecule has 2 rings (SSSR count). The van der Waals surface area contributed by atoms with Gasteiger partial charge in [0.15, 0.2) is 0 Å². The summed E-state index contributed by atoms with van der Waals surface area (Å²) in [7, 11) is 0. The molecule has 0 bridgehead atoms. The quantitative estimate of drug-likeness (QED) is 0.755. The summed E-state index contributed by atoms with van der Waals surface area (Å²) in [5.41, 5.74) is 1.58. The maximum Gasteiger partial charge on any atom is 0.326 e. The van der Waals surface area contributed by atoms with E-state index in [2.05, 4.69) is 18.1 Å². The SMILES string of the molecule is C=Cc1[nH]c(=O)n(C2CC2)c1C=C.[HH]. The summed E-state index contributed by atoms with van der Waals surface area (Å²) in [6, 6.07) is 0.380. The Morgan fingerprint density at radius 2 is 2.15 bits per heavy atom. The highest BCUT2D eigenvalue weighted by Crippen LogP contribution is 2.35. The Bertz CT molecular complexity index is 412. The molecule has 3 heteroatoms. The largest absolute Gasteiger partial charge is 0.326 e. The van der Waals surface area contributed by atoms with Gasteiger partial charge in [0.1, 0.15) is 0 Å². The van der Waals surface area contributed by atoms with E-state index in [1.54, 1.807) is 16.7 Å². The number of H-pyrrole nitrogens is 1. The van der Waals surface area contributed by atoms with Crippen LogP contribution >= 0.6 is 0 Å². The molecule has 13 heavy (non-hydrogen) atoms. The Hall–Kier alpha value is -1.51. The second-order valence-corrected chi connectivity index (χ2v) is 3.24. The van der Waals surface area contributed by atoms with Crippen molar-refractivity contribution in [2.75, 3.05) is 0 Å². The Labute approximate surface area is 77.9 Å². The summed E-state index contributed by atoms with van der Waals surface area (Å²) in [6.07, 6.45) is 5.54. The van der Waals surface area contributed by atoms with Crippen molar-refractivity contribution in [1.82, 2.24) is 9.55 Å². The third kappa shape index (κ3) is 1.16. The van der Waals surface area contributed by atoms with Crippen LogP contribution in [-0.4, -0.2) is 9.55 Å². The molecule has 0 amide bonds. The first-order valence-electron chi connectivity index (χ1n) is 4.37. The first-order valence-corrected chi connectivity index (χ1v) is 4.37. The number of nitrogens with one attached hydrogen (secondary N) is 1. The van der Waals surface area contributed by atoms with Crippen molar-refractivity contribution >= 4 is 12.2 Å². The van der Waals surface area contributed by atoms with E-state index >= 15 is 0 Å². The zero-order valence-electron chi connectivity index (χ0n) is 7.42. The summed E-state index contributed by atoms with van der Waals surface area (Å²) in [6.45, 7) is 7.34. The summed E-state index contributed by atoms with van der Waals surface area (Å²) < 4.78 is 1.77. The molecule has 3 nitrogen and oxygen atoms in total. The molecule has 0 aromatic carbocycles. The van der Waals surface area contributed by atoms with Crippen LogP contribution in [0.5, 0.6) is 0 Å². The lowest BCUT2D eigenvalue weighted by Gasteiger charge is -2.00. The molecule has 1 heterocycles. The van der Waals surface area contributed by atoms with Crippen LogP contribution in [-0.2, 0) is 0 Å². The van der Waals surface area contributed by atoms with Crippen molar-refractivity contribution in [3.63, 3.8) is 0 Å². The molecule has 0 spiro atoms. The number of aromatic amines is 1. The first kappa shape index (κ1) is 8.10. The van der Waals surface area contributed by atoms with Gasteiger partial charge in [-0.1, -0.05) is 13.2 Å². The summed E-state index contributed by atoms with van der Waals surface area (Å²) in [5, 5.41) is 0. The molecule has 1 saturated carbocycles. The minimum Gasteiger partial charge on any atom is -0.306 e. The molecule has 1 N–H and O–H groups in total. The molecule has 1 fully saturated rings. The highest BCUT2D eigenvalue weighted by molar-refractivity contribution is 5.58. The van der Waals surface area contributed by atoms with Crippen LogP contribution < -0.4 is 5.69 Å². The van der Waals surface area contributed by atoms with Gasteiger partial charge in [-0.05, 0) is 25.0 Å². The Morgan fingerprint density at radius 1 is 1.46 bits per heavy atom. The van der Waals surface area contributed by atoms with Crippen molar-refractivity contribution in [1.29, 1.82) is 0 Å². The fraction of sp³-hybridized carbons (Fsp3) is 0.300. The summed E-state index contributed by atoms with van der Waals surface area (Å²) in [5.74, 6) is 0. The Morgan fingerprint density at radius 3 is 2.62 bits per heavy atom. The maximum atomic E-state index is 11.5. The average molecular weight is 178 g/mol. The molecular weight excluding hydrogens is 164 g/mol. The monoisotopic (exact) mass is 178 g/mol. The smallest absolute Gasteiger partial charge is 0.306 e. The van der Waals surface area contributed by atoms with Crippen LogP contribution in [0.1, 0.15) is 31.7 Å². The van der Waals surface area contributed by atoms with Crippen molar-refractivity contribution in [2.45, 2.75) is 18.9 Å². The lowest BCUT2D eigenvalue weighted by atomic mass is 10.3. The normalized spacial score (nSPS) is 15.7. The van der Waals surface area contributed by atoms with E-state index in [0.29, 0.717) is 6.04 Å². The van der Waals surface area contributed by atoms with Crippen molar-refractivity contribution < 1.29 is 1.43 Å². The van der Waals surface area contributed by atoms with Crippen molar-refractivity contribution in [2.24, 2.45) is 0 Å². The molecule has 0 unspecified atom stereocenters. The third-order valence-electron chi connectivity index (χ3n) is 2.31. The third-order valence-corrected chi connectivity index (χ3v) is 2.31. The number of hydrogen-bond donors (Lipinski definition) is 1.